The number of likely N-dealkylation sites (N-methyl/N-ethyl adjacent to an activating group) is 2. The minimum absolute atomic E-state index is 0.0460. The fourth-order valence-corrected chi connectivity index (χ4v) is 5.02. The molecular formula is C30H54N4O5. The molecule has 1 saturated heterocycles. The molecule has 0 aromatic heterocycles. The number of rotatable bonds is 15. The van der Waals surface area contributed by atoms with Gasteiger partial charge in [-0.15, -0.1) is 0 Å². The summed E-state index contributed by atoms with van der Waals surface area (Å²) in [7, 11) is 3.11. The van der Waals surface area contributed by atoms with Gasteiger partial charge < -0.3 is 20.0 Å². The lowest BCUT2D eigenvalue weighted by molar-refractivity contribution is -0.144. The molecule has 9 heteroatoms. The normalized spacial score (nSPS) is 16.8. The van der Waals surface area contributed by atoms with E-state index in [9.17, 15) is 24.0 Å². The average Bonchev–Trinajstić information content (AvgIpc) is 2.88. The number of nitrogens with one attached hydrogen (secondary N) is 1. The van der Waals surface area contributed by atoms with E-state index in [1.807, 2.05) is 46.4 Å². The fourth-order valence-electron chi connectivity index (χ4n) is 5.02. The van der Waals surface area contributed by atoms with Gasteiger partial charge in [0, 0.05) is 46.4 Å². The highest BCUT2D eigenvalue weighted by atomic mass is 16.2. The van der Waals surface area contributed by atoms with E-state index in [0.29, 0.717) is 12.8 Å². The molecule has 224 valence electrons. The van der Waals surface area contributed by atoms with Crippen molar-refractivity contribution in [3.05, 3.63) is 0 Å². The van der Waals surface area contributed by atoms with Crippen molar-refractivity contribution < 1.29 is 24.0 Å². The number of carbonyl (C=O) groups excluding carboxylic acids is 5. The maximum absolute atomic E-state index is 13.7. The van der Waals surface area contributed by atoms with Crippen LogP contribution in [0.1, 0.15) is 93.4 Å². The maximum Gasteiger partial charge on any atom is 0.243 e. The number of hydrogen-bond acceptors (Lipinski definition) is 5. The Morgan fingerprint density at radius 2 is 1.44 bits per heavy atom. The van der Waals surface area contributed by atoms with Gasteiger partial charge in [0.1, 0.15) is 6.04 Å². The van der Waals surface area contributed by atoms with Crippen LogP contribution in [0.25, 0.3) is 0 Å². The first-order valence-corrected chi connectivity index (χ1v) is 14.8. The van der Waals surface area contributed by atoms with Crippen LogP contribution in [0, 0.1) is 23.7 Å². The minimum atomic E-state index is -0.777. The molecule has 0 radical (unpaired) electrons. The second-order valence-electron chi connectivity index (χ2n) is 12.3. The van der Waals surface area contributed by atoms with Gasteiger partial charge in [-0.25, -0.2) is 0 Å². The summed E-state index contributed by atoms with van der Waals surface area (Å²) in [4.78, 5) is 69.8. The number of ketones is 1. The summed E-state index contributed by atoms with van der Waals surface area (Å²) in [6, 6.07) is -1.52. The van der Waals surface area contributed by atoms with Crippen LogP contribution in [0.3, 0.4) is 0 Å². The van der Waals surface area contributed by atoms with E-state index >= 15 is 0 Å². The summed E-state index contributed by atoms with van der Waals surface area (Å²) in [5, 5.41) is 2.96. The Labute approximate surface area is 236 Å². The Balaban J connectivity index is 3.13. The zero-order valence-corrected chi connectivity index (χ0v) is 25.9. The molecule has 1 aliphatic rings. The molecule has 1 fully saturated rings. The molecule has 0 aliphatic carbocycles. The molecule has 4 amide bonds. The molecule has 9 nitrogen and oxygen atoms in total. The van der Waals surface area contributed by atoms with Crippen LogP contribution >= 0.6 is 0 Å². The van der Waals surface area contributed by atoms with E-state index in [-0.39, 0.29) is 60.1 Å². The molecule has 1 rings (SSSR count). The van der Waals surface area contributed by atoms with Gasteiger partial charge in [0.2, 0.25) is 23.6 Å². The van der Waals surface area contributed by atoms with E-state index in [2.05, 4.69) is 5.32 Å². The number of likely N-dealkylation sites (tertiary alicyclic amines) is 1. The van der Waals surface area contributed by atoms with Crippen molar-refractivity contribution in [3.63, 3.8) is 0 Å². The molecular weight excluding hydrogens is 496 g/mol. The van der Waals surface area contributed by atoms with E-state index in [4.69, 9.17) is 0 Å². The van der Waals surface area contributed by atoms with Crippen molar-refractivity contribution in [2.24, 2.45) is 23.7 Å². The Kier molecular flexibility index (Phi) is 14.7. The first kappa shape index (κ1) is 34.6. The van der Waals surface area contributed by atoms with Crippen molar-refractivity contribution in [2.45, 2.75) is 105 Å². The van der Waals surface area contributed by atoms with Crippen LogP contribution in [0.4, 0.5) is 0 Å². The Hall–Kier alpha value is -2.45. The van der Waals surface area contributed by atoms with E-state index in [0.717, 1.165) is 38.8 Å². The highest BCUT2D eigenvalue weighted by Gasteiger charge is 2.36. The summed E-state index contributed by atoms with van der Waals surface area (Å²) < 4.78 is 0. The minimum Gasteiger partial charge on any atom is -0.344 e. The number of hydrogen-bond donors (Lipinski definition) is 1. The lowest BCUT2D eigenvalue weighted by atomic mass is 9.83. The summed E-state index contributed by atoms with van der Waals surface area (Å²) in [5.41, 5.74) is 0. The molecule has 1 aliphatic heterocycles. The van der Waals surface area contributed by atoms with Gasteiger partial charge in [0.15, 0.2) is 5.78 Å². The summed E-state index contributed by atoms with van der Waals surface area (Å²) in [5.74, 6) is -1.15. The van der Waals surface area contributed by atoms with Crippen molar-refractivity contribution in [1.29, 1.82) is 0 Å². The van der Waals surface area contributed by atoms with Gasteiger partial charge in [0.05, 0.1) is 12.6 Å². The van der Waals surface area contributed by atoms with Crippen molar-refractivity contribution in [3.8, 4) is 0 Å². The maximum atomic E-state index is 13.7. The Morgan fingerprint density at radius 1 is 0.872 bits per heavy atom. The largest absolute Gasteiger partial charge is 0.344 e. The van der Waals surface area contributed by atoms with Gasteiger partial charge in [-0.3, -0.25) is 24.0 Å². The number of piperidine rings is 1. The third-order valence-corrected chi connectivity index (χ3v) is 7.92. The average molecular weight is 551 g/mol. The number of nitrogens with zero attached hydrogens (tertiary/aromatic N) is 3. The summed E-state index contributed by atoms with van der Waals surface area (Å²) in [6.45, 7) is 14.7. The van der Waals surface area contributed by atoms with Gasteiger partial charge >= 0.3 is 0 Å². The van der Waals surface area contributed by atoms with Gasteiger partial charge in [-0.2, -0.15) is 0 Å². The van der Waals surface area contributed by atoms with Gasteiger partial charge in [-0.05, 0) is 49.9 Å². The highest BCUT2D eigenvalue weighted by molar-refractivity contribution is 5.95. The highest BCUT2D eigenvalue weighted by Crippen LogP contribution is 2.25. The third-order valence-electron chi connectivity index (χ3n) is 7.92. The standard InChI is InChI=1S/C30H54N4O5/c1-10-22(6)24(30(39)34-14-12-11-13-15-34)18-27(36)25(16-20(2)3)31-29(38)26(17-21(4)5)33(9)28(37)19-32(8)23(7)35/h20-22,24-26H,10-19H2,1-9H3,(H,31,38)/t22-,24-,25-,26-/m0/s1. The third kappa shape index (κ3) is 11.3. The molecule has 0 aromatic carbocycles. The van der Waals surface area contributed by atoms with Gasteiger partial charge in [-0.1, -0.05) is 48.0 Å². The quantitative estimate of drug-likeness (QED) is 0.336. The van der Waals surface area contributed by atoms with Crippen LogP contribution < -0.4 is 5.32 Å². The van der Waals surface area contributed by atoms with E-state index in [1.54, 1.807) is 14.1 Å². The van der Waals surface area contributed by atoms with Crippen LogP contribution in [0.15, 0.2) is 0 Å². The fraction of sp³-hybridized carbons (Fsp3) is 0.833. The van der Waals surface area contributed by atoms with E-state index < -0.39 is 18.0 Å². The van der Waals surface area contributed by atoms with Gasteiger partial charge in [0.25, 0.3) is 0 Å². The molecule has 0 spiro atoms. The molecule has 4 atom stereocenters. The zero-order chi connectivity index (χ0) is 29.9. The van der Waals surface area contributed by atoms with Crippen molar-refractivity contribution in [2.75, 3.05) is 33.7 Å². The second kappa shape index (κ2) is 16.6. The number of Topliss-reactive ketones (excluding diaryl/α,β-unsaturated/α-hetero) is 1. The van der Waals surface area contributed by atoms with Crippen LogP contribution in [-0.4, -0.2) is 89.9 Å². The molecule has 39 heavy (non-hydrogen) atoms. The molecule has 0 unspecified atom stereocenters. The Morgan fingerprint density at radius 3 is 1.92 bits per heavy atom. The summed E-state index contributed by atoms with van der Waals surface area (Å²) in [6.07, 6.45) is 4.86. The Bertz CT molecular complexity index is 837. The zero-order valence-electron chi connectivity index (χ0n) is 25.9. The topological polar surface area (TPSA) is 107 Å². The lowest BCUT2D eigenvalue weighted by Crippen LogP contribution is -2.54. The smallest absolute Gasteiger partial charge is 0.243 e. The van der Waals surface area contributed by atoms with Crippen LogP contribution in [0.5, 0.6) is 0 Å². The predicted octanol–water partition coefficient (Wildman–Crippen LogP) is 3.50. The van der Waals surface area contributed by atoms with E-state index in [1.165, 1.54) is 16.7 Å². The van der Waals surface area contributed by atoms with Crippen molar-refractivity contribution in [1.82, 2.24) is 20.0 Å². The second-order valence-corrected chi connectivity index (χ2v) is 12.3. The monoisotopic (exact) mass is 550 g/mol. The molecule has 1 heterocycles. The predicted molar refractivity (Wildman–Crippen MR) is 154 cm³/mol. The molecule has 1 N–H and O–H groups in total. The number of amides is 4. The lowest BCUT2D eigenvalue weighted by Gasteiger charge is -2.34. The molecule has 0 bridgehead atoms. The molecule has 0 saturated carbocycles. The first-order valence-electron chi connectivity index (χ1n) is 14.8. The van der Waals surface area contributed by atoms with Crippen LogP contribution in [0.2, 0.25) is 0 Å². The van der Waals surface area contributed by atoms with Crippen molar-refractivity contribution >= 4 is 29.4 Å². The molecule has 0 aromatic rings. The van der Waals surface area contributed by atoms with Crippen LogP contribution in [-0.2, 0) is 24.0 Å². The number of carbonyl (C=O) groups is 5. The SMILES string of the molecule is CC[C@H](C)[C@H](CC(=O)[C@H](CC(C)C)NC(=O)[C@H](CC(C)C)N(C)C(=O)CN(C)C(C)=O)C(=O)N1CCCCC1. The first-order chi connectivity index (χ1) is 18.2. The summed E-state index contributed by atoms with van der Waals surface area (Å²) >= 11 is 0.